The fourth-order valence-electron chi connectivity index (χ4n) is 3.33. The average Bonchev–Trinajstić information content (AvgIpc) is 3.04. The van der Waals surface area contributed by atoms with Crippen LogP contribution in [0.5, 0.6) is 0 Å². The maximum absolute atomic E-state index is 12.1. The lowest BCUT2D eigenvalue weighted by Gasteiger charge is -2.17. The quantitative estimate of drug-likeness (QED) is 0.781. The van der Waals surface area contributed by atoms with Crippen molar-refractivity contribution in [2.75, 3.05) is 0 Å². The monoisotopic (exact) mass is 315 g/mol. The number of carbonyl (C=O) groups is 1. The van der Waals surface area contributed by atoms with Crippen molar-refractivity contribution in [2.24, 2.45) is 13.0 Å². The topological polar surface area (TPSA) is 71.0 Å². The molecule has 0 radical (unpaired) electrons. The Kier molecular flexibility index (Phi) is 4.63. The Labute approximate surface area is 136 Å². The summed E-state index contributed by atoms with van der Waals surface area (Å²) in [5.74, 6) is 1.45. The van der Waals surface area contributed by atoms with Gasteiger partial charge < -0.3 is 9.88 Å². The first-order valence-electron chi connectivity index (χ1n) is 8.24. The summed E-state index contributed by atoms with van der Waals surface area (Å²) in [5, 5.41) is 2.99. The number of carbonyl (C=O) groups excluding carboxylic acids is 1. The minimum atomic E-state index is 0.0864. The van der Waals surface area contributed by atoms with Crippen molar-refractivity contribution < 1.29 is 4.79 Å². The molecule has 0 bridgehead atoms. The average molecular weight is 315 g/mol. The van der Waals surface area contributed by atoms with Crippen molar-refractivity contribution in [3.8, 4) is 0 Å². The Bertz CT molecular complexity index is 685. The molecule has 1 aliphatic rings. The summed E-state index contributed by atoms with van der Waals surface area (Å²) in [5.41, 5.74) is 8.51. The van der Waals surface area contributed by atoms with Crippen LogP contribution in [0.1, 0.15) is 32.5 Å². The third-order valence-electron chi connectivity index (χ3n) is 4.85. The summed E-state index contributed by atoms with van der Waals surface area (Å²) >= 11 is 0. The molecular formula is C17H25N5O. The number of rotatable bonds is 5. The van der Waals surface area contributed by atoms with Crippen molar-refractivity contribution in [3.63, 3.8) is 0 Å². The van der Waals surface area contributed by atoms with Crippen LogP contribution in [0.15, 0.2) is 24.3 Å². The van der Waals surface area contributed by atoms with Crippen LogP contribution in [0, 0.1) is 5.92 Å². The van der Waals surface area contributed by atoms with E-state index in [1.165, 1.54) is 0 Å². The molecule has 1 amide bonds. The predicted octanol–water partition coefficient (Wildman–Crippen LogP) is 1.47. The third kappa shape index (κ3) is 3.38. The van der Waals surface area contributed by atoms with Crippen LogP contribution in [0.25, 0.3) is 11.0 Å². The number of para-hydroxylation sites is 2. The van der Waals surface area contributed by atoms with Gasteiger partial charge in [0.1, 0.15) is 5.82 Å². The molecule has 0 aliphatic carbocycles. The highest BCUT2D eigenvalue weighted by Gasteiger charge is 2.29. The highest BCUT2D eigenvalue weighted by molar-refractivity contribution is 5.77. The molecule has 23 heavy (non-hydrogen) atoms. The van der Waals surface area contributed by atoms with E-state index in [0.717, 1.165) is 23.3 Å². The first-order valence-corrected chi connectivity index (χ1v) is 8.24. The van der Waals surface area contributed by atoms with Gasteiger partial charge in [-0.15, -0.1) is 0 Å². The molecule has 1 fully saturated rings. The second-order valence-electron chi connectivity index (χ2n) is 6.42. The number of nitrogens with one attached hydrogen (secondary N) is 3. The lowest BCUT2D eigenvalue weighted by atomic mass is 9.91. The molecule has 2 aromatic rings. The van der Waals surface area contributed by atoms with Gasteiger partial charge in [0.25, 0.3) is 0 Å². The molecule has 0 spiro atoms. The van der Waals surface area contributed by atoms with Crippen LogP contribution < -0.4 is 16.2 Å². The van der Waals surface area contributed by atoms with Crippen molar-refractivity contribution in [2.45, 2.75) is 45.3 Å². The van der Waals surface area contributed by atoms with Gasteiger partial charge in [-0.3, -0.25) is 15.6 Å². The van der Waals surface area contributed by atoms with E-state index in [-0.39, 0.29) is 5.91 Å². The zero-order chi connectivity index (χ0) is 16.4. The van der Waals surface area contributed by atoms with Crippen LogP contribution in [-0.4, -0.2) is 27.5 Å². The summed E-state index contributed by atoms with van der Waals surface area (Å²) in [7, 11) is 1.98. The largest absolute Gasteiger partial charge is 0.349 e. The summed E-state index contributed by atoms with van der Waals surface area (Å²) < 4.78 is 2.03. The van der Waals surface area contributed by atoms with Gasteiger partial charge in [-0.1, -0.05) is 12.1 Å². The van der Waals surface area contributed by atoms with Gasteiger partial charge in [-0.25, -0.2) is 4.98 Å². The van der Waals surface area contributed by atoms with E-state index in [2.05, 4.69) is 35.0 Å². The van der Waals surface area contributed by atoms with Crippen LogP contribution in [0.3, 0.4) is 0 Å². The zero-order valence-corrected chi connectivity index (χ0v) is 14.0. The summed E-state index contributed by atoms with van der Waals surface area (Å²) in [6.45, 7) is 4.77. The Morgan fingerprint density at radius 1 is 1.26 bits per heavy atom. The van der Waals surface area contributed by atoms with E-state index in [1.807, 2.05) is 35.9 Å². The maximum atomic E-state index is 12.1. The second kappa shape index (κ2) is 6.68. The molecule has 2 unspecified atom stereocenters. The van der Waals surface area contributed by atoms with Crippen molar-refractivity contribution in [1.29, 1.82) is 0 Å². The zero-order valence-electron chi connectivity index (χ0n) is 14.0. The van der Waals surface area contributed by atoms with E-state index < -0.39 is 0 Å². The lowest BCUT2D eigenvalue weighted by Crippen LogP contribution is -2.30. The number of aryl methyl sites for hydroxylation is 1. The first-order chi connectivity index (χ1) is 11.1. The molecule has 1 aromatic carbocycles. The van der Waals surface area contributed by atoms with Crippen molar-refractivity contribution in [1.82, 2.24) is 25.7 Å². The molecule has 1 aliphatic heterocycles. The summed E-state index contributed by atoms with van der Waals surface area (Å²) in [6, 6.07) is 8.80. The van der Waals surface area contributed by atoms with Crippen molar-refractivity contribution in [3.05, 3.63) is 30.1 Å². The van der Waals surface area contributed by atoms with Gasteiger partial charge in [0.05, 0.1) is 17.6 Å². The molecule has 1 saturated heterocycles. The molecular weight excluding hydrogens is 290 g/mol. The van der Waals surface area contributed by atoms with Crippen LogP contribution >= 0.6 is 0 Å². The van der Waals surface area contributed by atoms with Gasteiger partial charge in [-0.05, 0) is 38.3 Å². The van der Waals surface area contributed by atoms with Gasteiger partial charge in [0.15, 0.2) is 0 Å². The molecule has 6 nitrogen and oxygen atoms in total. The molecule has 124 valence electrons. The first kappa shape index (κ1) is 16.0. The minimum absolute atomic E-state index is 0.0864. The number of amides is 1. The fraction of sp³-hybridized carbons (Fsp3) is 0.529. The van der Waals surface area contributed by atoms with E-state index in [0.29, 0.717) is 31.0 Å². The van der Waals surface area contributed by atoms with Crippen LogP contribution in [0.4, 0.5) is 0 Å². The highest BCUT2D eigenvalue weighted by Crippen LogP contribution is 2.20. The third-order valence-corrected chi connectivity index (χ3v) is 4.85. The molecule has 3 N–H and O–H groups in total. The molecule has 1 aromatic heterocycles. The lowest BCUT2D eigenvalue weighted by molar-refractivity contribution is -0.121. The number of hydrogen-bond donors (Lipinski definition) is 3. The number of hydrogen-bond acceptors (Lipinski definition) is 4. The summed E-state index contributed by atoms with van der Waals surface area (Å²) in [4.78, 5) is 16.7. The number of hydrazine groups is 1. The molecule has 3 rings (SSSR count). The Morgan fingerprint density at radius 2 is 1.96 bits per heavy atom. The molecule has 2 heterocycles. The molecule has 0 saturated carbocycles. The number of benzene rings is 1. The number of imidazole rings is 1. The van der Waals surface area contributed by atoms with E-state index in [1.54, 1.807) is 0 Å². The van der Waals surface area contributed by atoms with Gasteiger partial charge in [-0.2, -0.15) is 0 Å². The Morgan fingerprint density at radius 3 is 2.65 bits per heavy atom. The number of aromatic nitrogens is 2. The minimum Gasteiger partial charge on any atom is -0.349 e. The molecule has 6 heteroatoms. The molecule has 2 atom stereocenters. The summed E-state index contributed by atoms with van der Waals surface area (Å²) in [6.07, 6.45) is 1.43. The predicted molar refractivity (Wildman–Crippen MR) is 90.5 cm³/mol. The van der Waals surface area contributed by atoms with Gasteiger partial charge in [0.2, 0.25) is 5.91 Å². The maximum Gasteiger partial charge on any atom is 0.220 e. The van der Waals surface area contributed by atoms with Crippen molar-refractivity contribution >= 4 is 16.9 Å². The highest BCUT2D eigenvalue weighted by atomic mass is 16.1. The second-order valence-corrected chi connectivity index (χ2v) is 6.42. The SMILES string of the molecule is CC1NNC(C)C1CCC(=O)NCc1nc2ccccc2n1C. The van der Waals surface area contributed by atoms with Gasteiger partial charge >= 0.3 is 0 Å². The Balaban J connectivity index is 1.53. The van der Waals surface area contributed by atoms with E-state index >= 15 is 0 Å². The van der Waals surface area contributed by atoms with Crippen LogP contribution in [-0.2, 0) is 18.4 Å². The van der Waals surface area contributed by atoms with E-state index in [4.69, 9.17) is 0 Å². The number of nitrogens with zero attached hydrogens (tertiary/aromatic N) is 2. The normalized spacial score (nSPS) is 24.2. The van der Waals surface area contributed by atoms with Crippen LogP contribution in [0.2, 0.25) is 0 Å². The number of fused-ring (bicyclic) bond motifs is 1. The fourth-order valence-corrected chi connectivity index (χ4v) is 3.33. The van der Waals surface area contributed by atoms with Gasteiger partial charge in [0, 0.05) is 25.6 Å². The standard InChI is InChI=1S/C17H25N5O/c1-11-13(12(2)21-20-11)8-9-17(23)18-10-16-19-14-6-4-5-7-15(14)22(16)3/h4-7,11-13,20-21H,8-10H2,1-3H3,(H,18,23). The Hall–Kier alpha value is -1.92. The smallest absolute Gasteiger partial charge is 0.220 e. The van der Waals surface area contributed by atoms with E-state index in [9.17, 15) is 4.79 Å².